The number of nitrogens with two attached hydrogens (primary N) is 1. The van der Waals surface area contributed by atoms with Gasteiger partial charge in [-0.15, -0.1) is 17.0 Å². The molecule has 0 aliphatic rings. The number of rotatable bonds is 2. The number of hydrogen-bond donors (Lipinski definition) is 1. The van der Waals surface area contributed by atoms with Crippen LogP contribution in [0.15, 0.2) is 4.99 Å². The second-order valence-electron chi connectivity index (χ2n) is 1.25. The number of thioether (sulfide) groups is 1. The summed E-state index contributed by atoms with van der Waals surface area (Å²) in [4.78, 5) is 3.97. The molecule has 4 heteroatoms. The molecule has 0 saturated heterocycles. The van der Waals surface area contributed by atoms with Gasteiger partial charge in [-0.1, -0.05) is 18.7 Å². The van der Waals surface area contributed by atoms with Crippen LogP contribution in [0.5, 0.6) is 0 Å². The van der Waals surface area contributed by atoms with Gasteiger partial charge in [0.15, 0.2) is 5.17 Å². The molecule has 0 aromatic heterocycles. The SMILES string of the molecule is Br.CCN=C(N)SCC. The topological polar surface area (TPSA) is 38.4 Å². The van der Waals surface area contributed by atoms with E-state index < -0.39 is 0 Å². The number of nitrogens with zero attached hydrogens (tertiary/aromatic N) is 1. The van der Waals surface area contributed by atoms with Crippen molar-refractivity contribution in [2.45, 2.75) is 13.8 Å². The van der Waals surface area contributed by atoms with Crippen molar-refractivity contribution in [1.29, 1.82) is 0 Å². The van der Waals surface area contributed by atoms with Crippen molar-refractivity contribution in [3.63, 3.8) is 0 Å². The summed E-state index contributed by atoms with van der Waals surface area (Å²) in [5, 5.41) is 0.704. The Bertz CT molecular complexity index is 85.0. The molecule has 9 heavy (non-hydrogen) atoms. The summed E-state index contributed by atoms with van der Waals surface area (Å²) in [6.07, 6.45) is 0. The van der Waals surface area contributed by atoms with Crippen molar-refractivity contribution >= 4 is 33.9 Å². The van der Waals surface area contributed by atoms with E-state index in [1.54, 1.807) is 11.8 Å². The van der Waals surface area contributed by atoms with E-state index >= 15 is 0 Å². The molecule has 0 atom stereocenters. The highest BCUT2D eigenvalue weighted by Crippen LogP contribution is 1.96. The normalized spacial score (nSPS) is 10.7. The fourth-order valence-electron chi connectivity index (χ4n) is 0.349. The van der Waals surface area contributed by atoms with Crippen LogP contribution < -0.4 is 5.73 Å². The number of aliphatic imine (C=N–C) groups is 1. The van der Waals surface area contributed by atoms with Gasteiger partial charge in [0.25, 0.3) is 0 Å². The van der Waals surface area contributed by atoms with Gasteiger partial charge in [0.2, 0.25) is 0 Å². The molecule has 0 saturated carbocycles. The van der Waals surface area contributed by atoms with Crippen molar-refractivity contribution in [3.05, 3.63) is 0 Å². The van der Waals surface area contributed by atoms with Gasteiger partial charge in [0, 0.05) is 6.54 Å². The summed E-state index contributed by atoms with van der Waals surface area (Å²) in [7, 11) is 0. The van der Waals surface area contributed by atoms with Crippen molar-refractivity contribution in [1.82, 2.24) is 0 Å². The lowest BCUT2D eigenvalue weighted by Gasteiger charge is -1.92. The predicted octanol–water partition coefficient (Wildman–Crippen LogP) is 1.65. The maximum atomic E-state index is 5.41. The largest absolute Gasteiger partial charge is 0.379 e. The lowest BCUT2D eigenvalue weighted by atomic mass is 10.8. The Labute approximate surface area is 71.1 Å². The van der Waals surface area contributed by atoms with Gasteiger partial charge in [-0.3, -0.25) is 4.99 Å². The minimum Gasteiger partial charge on any atom is -0.379 e. The molecule has 0 radical (unpaired) electrons. The zero-order valence-corrected chi connectivity index (χ0v) is 8.28. The van der Waals surface area contributed by atoms with E-state index in [0.29, 0.717) is 5.17 Å². The van der Waals surface area contributed by atoms with E-state index in [1.807, 2.05) is 6.92 Å². The van der Waals surface area contributed by atoms with Gasteiger partial charge in [0.1, 0.15) is 0 Å². The first-order valence-electron chi connectivity index (χ1n) is 2.74. The highest BCUT2D eigenvalue weighted by atomic mass is 79.9. The molecular formula is C5H13BrN2S. The summed E-state index contributed by atoms with van der Waals surface area (Å²) < 4.78 is 0. The van der Waals surface area contributed by atoms with Gasteiger partial charge in [0.05, 0.1) is 0 Å². The predicted molar refractivity (Wildman–Crippen MR) is 50.6 cm³/mol. The van der Waals surface area contributed by atoms with Crippen LogP contribution in [0, 0.1) is 0 Å². The first-order valence-corrected chi connectivity index (χ1v) is 3.72. The second kappa shape index (κ2) is 8.30. The summed E-state index contributed by atoms with van der Waals surface area (Å²) in [5.74, 6) is 1.01. The molecule has 0 aliphatic heterocycles. The van der Waals surface area contributed by atoms with Gasteiger partial charge in [-0.05, 0) is 12.7 Å². The van der Waals surface area contributed by atoms with Crippen LogP contribution >= 0.6 is 28.7 Å². The van der Waals surface area contributed by atoms with Gasteiger partial charge >= 0.3 is 0 Å². The molecule has 0 unspecified atom stereocenters. The average molecular weight is 213 g/mol. The van der Waals surface area contributed by atoms with Crippen LogP contribution in [0.25, 0.3) is 0 Å². The average Bonchev–Trinajstić information content (AvgIpc) is 1.68. The second-order valence-corrected chi connectivity index (χ2v) is 2.53. The molecule has 0 amide bonds. The fourth-order valence-corrected chi connectivity index (χ4v) is 0.866. The van der Waals surface area contributed by atoms with Crippen LogP contribution in [0.2, 0.25) is 0 Å². The molecular weight excluding hydrogens is 200 g/mol. The third-order valence-electron chi connectivity index (χ3n) is 0.606. The molecule has 0 aromatic rings. The Hall–Kier alpha value is 0.300. The smallest absolute Gasteiger partial charge is 0.153 e. The van der Waals surface area contributed by atoms with E-state index in [-0.39, 0.29) is 17.0 Å². The highest BCUT2D eigenvalue weighted by Gasteiger charge is 1.84. The fraction of sp³-hybridized carbons (Fsp3) is 0.800. The molecule has 0 bridgehead atoms. The van der Waals surface area contributed by atoms with E-state index in [9.17, 15) is 0 Å². The Kier molecular flexibility index (Phi) is 11.1. The van der Waals surface area contributed by atoms with Crippen LogP contribution in [0.3, 0.4) is 0 Å². The molecule has 0 aliphatic carbocycles. The number of halogens is 1. The summed E-state index contributed by atoms with van der Waals surface area (Å²) in [5.41, 5.74) is 5.41. The standard InChI is InChI=1S/C5H12N2S.BrH/c1-3-7-5(6)8-4-2;/h3-4H2,1-2H3,(H2,6,7);1H. The minimum atomic E-state index is 0. The van der Waals surface area contributed by atoms with Gasteiger partial charge < -0.3 is 5.73 Å². The van der Waals surface area contributed by atoms with Crippen molar-refractivity contribution in [2.24, 2.45) is 10.7 Å². The third-order valence-corrected chi connectivity index (χ3v) is 1.32. The van der Waals surface area contributed by atoms with Crippen LogP contribution in [-0.4, -0.2) is 17.5 Å². The third kappa shape index (κ3) is 8.30. The molecule has 2 N–H and O–H groups in total. The summed E-state index contributed by atoms with van der Waals surface area (Å²) in [6.45, 7) is 4.82. The zero-order valence-electron chi connectivity index (χ0n) is 5.76. The van der Waals surface area contributed by atoms with E-state index in [4.69, 9.17) is 5.73 Å². The maximum Gasteiger partial charge on any atom is 0.153 e. The van der Waals surface area contributed by atoms with Crippen molar-refractivity contribution in [2.75, 3.05) is 12.3 Å². The molecule has 2 nitrogen and oxygen atoms in total. The quantitative estimate of drug-likeness (QED) is 0.559. The van der Waals surface area contributed by atoms with Gasteiger partial charge in [-0.25, -0.2) is 0 Å². The van der Waals surface area contributed by atoms with E-state index in [2.05, 4.69) is 11.9 Å². The maximum absolute atomic E-state index is 5.41. The first kappa shape index (κ1) is 12.0. The number of hydrogen-bond acceptors (Lipinski definition) is 2. The molecule has 0 fully saturated rings. The molecule has 0 heterocycles. The summed E-state index contributed by atoms with van der Waals surface area (Å²) >= 11 is 1.58. The molecule has 0 aromatic carbocycles. The Morgan fingerprint density at radius 2 is 2.11 bits per heavy atom. The Balaban J connectivity index is 0. The Morgan fingerprint density at radius 1 is 1.56 bits per heavy atom. The van der Waals surface area contributed by atoms with Gasteiger partial charge in [-0.2, -0.15) is 0 Å². The van der Waals surface area contributed by atoms with Crippen LogP contribution in [0.1, 0.15) is 13.8 Å². The minimum absolute atomic E-state index is 0. The van der Waals surface area contributed by atoms with Crippen LogP contribution in [-0.2, 0) is 0 Å². The zero-order chi connectivity index (χ0) is 6.41. The summed E-state index contributed by atoms with van der Waals surface area (Å²) in [6, 6.07) is 0. The Morgan fingerprint density at radius 3 is 2.44 bits per heavy atom. The molecule has 56 valence electrons. The highest BCUT2D eigenvalue weighted by molar-refractivity contribution is 8.93. The van der Waals surface area contributed by atoms with E-state index in [1.165, 1.54) is 0 Å². The first-order chi connectivity index (χ1) is 3.81. The lowest BCUT2D eigenvalue weighted by molar-refractivity contribution is 1.13. The molecule has 0 spiro atoms. The van der Waals surface area contributed by atoms with Crippen LogP contribution in [0.4, 0.5) is 0 Å². The van der Waals surface area contributed by atoms with E-state index in [0.717, 1.165) is 12.3 Å². The van der Waals surface area contributed by atoms with Crippen molar-refractivity contribution in [3.8, 4) is 0 Å². The monoisotopic (exact) mass is 212 g/mol. The number of amidine groups is 1. The van der Waals surface area contributed by atoms with Crippen molar-refractivity contribution < 1.29 is 0 Å². The lowest BCUT2D eigenvalue weighted by Crippen LogP contribution is -2.06. The molecule has 0 rings (SSSR count).